The van der Waals surface area contributed by atoms with Crippen molar-refractivity contribution in [3.8, 4) is 0 Å². The van der Waals surface area contributed by atoms with Crippen molar-refractivity contribution in [1.82, 2.24) is 14.8 Å². The van der Waals surface area contributed by atoms with E-state index >= 15 is 0 Å². The van der Waals surface area contributed by atoms with Crippen LogP contribution in [0.4, 0.5) is 0 Å². The molecule has 1 aliphatic rings. The number of benzene rings is 1. The van der Waals surface area contributed by atoms with Crippen molar-refractivity contribution >= 4 is 40.5 Å². The van der Waals surface area contributed by atoms with Gasteiger partial charge in [-0.2, -0.15) is 5.10 Å². The highest BCUT2D eigenvalue weighted by Crippen LogP contribution is 2.37. The third kappa shape index (κ3) is 3.78. The highest BCUT2D eigenvalue weighted by atomic mass is 35.5. The number of nitrogens with zero attached hydrogens (tertiary/aromatic N) is 3. The van der Waals surface area contributed by atoms with E-state index in [1.807, 2.05) is 6.92 Å². The Hall–Kier alpha value is -1.31. The van der Waals surface area contributed by atoms with Crippen molar-refractivity contribution in [3.63, 3.8) is 0 Å². The molecule has 0 saturated carbocycles. The predicted molar refractivity (Wildman–Crippen MR) is 95.9 cm³/mol. The Labute approximate surface area is 159 Å². The molecule has 1 aromatic heterocycles. The quantitative estimate of drug-likeness (QED) is 0.610. The molecule has 3 rings (SSSR count). The largest absolute Gasteiger partial charge is 0.510 e. The lowest BCUT2D eigenvalue weighted by Gasteiger charge is -2.33. The maximum Gasteiger partial charge on any atom is 0.146 e. The number of hydrogen-bond donors (Lipinski definition) is 1. The minimum absolute atomic E-state index is 0.0971. The smallest absolute Gasteiger partial charge is 0.146 e. The monoisotopic (exact) mass is 403 g/mol. The first-order valence-corrected chi connectivity index (χ1v) is 8.61. The van der Waals surface area contributed by atoms with E-state index in [0.29, 0.717) is 34.5 Å². The van der Waals surface area contributed by atoms with Gasteiger partial charge in [-0.1, -0.05) is 40.9 Å². The van der Waals surface area contributed by atoms with E-state index in [1.54, 1.807) is 12.1 Å². The zero-order valence-electron chi connectivity index (χ0n) is 13.4. The molecule has 0 bridgehead atoms. The van der Waals surface area contributed by atoms with Gasteiger partial charge in [0.05, 0.1) is 39.4 Å². The SMILES string of the molecule is CC1(/C(O)=C(/Cc2ccc(Cl)c(Cl)c2Cl)n2cncn2)COCOC1. The molecule has 1 N–H and O–H groups in total. The number of rotatable bonds is 4. The van der Waals surface area contributed by atoms with Crippen LogP contribution in [-0.2, 0) is 15.9 Å². The number of aliphatic hydroxyl groups excluding tert-OH is 1. The van der Waals surface area contributed by atoms with Crippen molar-refractivity contribution in [1.29, 1.82) is 0 Å². The van der Waals surface area contributed by atoms with Crippen LogP contribution in [-0.4, -0.2) is 39.9 Å². The first-order chi connectivity index (χ1) is 11.9. The van der Waals surface area contributed by atoms with Crippen LogP contribution in [0.15, 0.2) is 30.5 Å². The lowest BCUT2D eigenvalue weighted by molar-refractivity contribution is -0.155. The van der Waals surface area contributed by atoms with Gasteiger partial charge in [0.25, 0.3) is 0 Å². The third-order valence-electron chi connectivity index (χ3n) is 4.02. The Kier molecular flexibility index (Phi) is 5.55. The van der Waals surface area contributed by atoms with E-state index in [-0.39, 0.29) is 24.0 Å². The molecule has 2 aromatic rings. The summed E-state index contributed by atoms with van der Waals surface area (Å²) in [5.41, 5.74) is 0.506. The van der Waals surface area contributed by atoms with Gasteiger partial charge in [0.2, 0.25) is 0 Å². The van der Waals surface area contributed by atoms with Crippen molar-refractivity contribution in [3.05, 3.63) is 51.2 Å². The number of aromatic nitrogens is 3. The molecule has 6 nitrogen and oxygen atoms in total. The molecule has 1 fully saturated rings. The second-order valence-electron chi connectivity index (χ2n) is 6.02. The van der Waals surface area contributed by atoms with Crippen LogP contribution in [0.2, 0.25) is 15.1 Å². The second kappa shape index (κ2) is 7.51. The third-order valence-corrected chi connectivity index (χ3v) is 5.35. The number of ether oxygens (including phenoxy) is 2. The van der Waals surface area contributed by atoms with Crippen molar-refractivity contribution in [2.24, 2.45) is 5.41 Å². The molecule has 0 aliphatic carbocycles. The van der Waals surface area contributed by atoms with Gasteiger partial charge in [0.1, 0.15) is 25.2 Å². The summed E-state index contributed by atoms with van der Waals surface area (Å²) in [6.07, 6.45) is 3.17. The summed E-state index contributed by atoms with van der Waals surface area (Å²) in [6.45, 7) is 2.72. The summed E-state index contributed by atoms with van der Waals surface area (Å²) in [4.78, 5) is 3.95. The van der Waals surface area contributed by atoms with Crippen LogP contribution >= 0.6 is 34.8 Å². The van der Waals surface area contributed by atoms with Crippen LogP contribution in [0.3, 0.4) is 0 Å². The van der Waals surface area contributed by atoms with Crippen molar-refractivity contribution in [2.75, 3.05) is 20.0 Å². The zero-order valence-corrected chi connectivity index (χ0v) is 15.6. The van der Waals surface area contributed by atoms with Crippen molar-refractivity contribution < 1.29 is 14.6 Å². The fourth-order valence-corrected chi connectivity index (χ4v) is 3.24. The molecule has 1 aliphatic heterocycles. The first kappa shape index (κ1) is 18.5. The maximum atomic E-state index is 11.0. The number of halogens is 3. The molecular weight excluding hydrogens is 389 g/mol. The summed E-state index contributed by atoms with van der Waals surface area (Å²) in [6, 6.07) is 3.42. The molecule has 0 amide bonds. The normalized spacial score (nSPS) is 18.1. The fourth-order valence-electron chi connectivity index (χ4n) is 2.62. The van der Waals surface area contributed by atoms with Gasteiger partial charge < -0.3 is 14.6 Å². The number of hydrogen-bond acceptors (Lipinski definition) is 5. The number of aliphatic hydroxyl groups is 1. The molecule has 1 aromatic carbocycles. The molecule has 9 heteroatoms. The van der Waals surface area contributed by atoms with Crippen LogP contribution in [0, 0.1) is 5.41 Å². The minimum atomic E-state index is -0.706. The van der Waals surface area contributed by atoms with E-state index < -0.39 is 5.41 Å². The van der Waals surface area contributed by atoms with Crippen LogP contribution < -0.4 is 0 Å². The zero-order chi connectivity index (χ0) is 18.0. The lowest BCUT2D eigenvalue weighted by atomic mass is 9.87. The van der Waals surface area contributed by atoms with Gasteiger partial charge in [0.15, 0.2) is 0 Å². The minimum Gasteiger partial charge on any atom is -0.510 e. The van der Waals surface area contributed by atoms with Gasteiger partial charge in [0, 0.05) is 6.42 Å². The summed E-state index contributed by atoms with van der Waals surface area (Å²) in [7, 11) is 0. The fraction of sp³-hybridized carbons (Fsp3) is 0.375. The van der Waals surface area contributed by atoms with Gasteiger partial charge in [-0.15, -0.1) is 0 Å². The van der Waals surface area contributed by atoms with Gasteiger partial charge in [-0.25, -0.2) is 9.67 Å². The van der Waals surface area contributed by atoms with E-state index in [2.05, 4.69) is 10.1 Å². The molecule has 0 atom stereocenters. The Morgan fingerprint density at radius 1 is 1.24 bits per heavy atom. The van der Waals surface area contributed by atoms with Gasteiger partial charge in [-0.3, -0.25) is 0 Å². The highest BCUT2D eigenvalue weighted by Gasteiger charge is 2.36. The number of allylic oxidation sites excluding steroid dienone is 1. The average molecular weight is 405 g/mol. The van der Waals surface area contributed by atoms with E-state index in [0.717, 1.165) is 0 Å². The van der Waals surface area contributed by atoms with Crippen molar-refractivity contribution in [2.45, 2.75) is 13.3 Å². The molecular formula is C16H16Cl3N3O3. The summed E-state index contributed by atoms with van der Waals surface area (Å²) < 4.78 is 12.2. The van der Waals surface area contributed by atoms with Crippen LogP contribution in [0.5, 0.6) is 0 Å². The van der Waals surface area contributed by atoms with Crippen LogP contribution in [0.25, 0.3) is 5.70 Å². The van der Waals surface area contributed by atoms with E-state index in [4.69, 9.17) is 44.3 Å². The molecule has 134 valence electrons. The van der Waals surface area contributed by atoms with Crippen LogP contribution in [0.1, 0.15) is 12.5 Å². The Morgan fingerprint density at radius 2 is 1.96 bits per heavy atom. The maximum absolute atomic E-state index is 11.0. The highest BCUT2D eigenvalue weighted by molar-refractivity contribution is 6.48. The summed E-state index contributed by atoms with van der Waals surface area (Å²) >= 11 is 18.4. The Bertz CT molecular complexity index is 787. The Balaban J connectivity index is 2.05. The van der Waals surface area contributed by atoms with E-state index in [1.165, 1.54) is 17.3 Å². The Morgan fingerprint density at radius 3 is 2.60 bits per heavy atom. The second-order valence-corrected chi connectivity index (χ2v) is 7.19. The molecule has 0 radical (unpaired) electrons. The van der Waals surface area contributed by atoms with Gasteiger partial charge >= 0.3 is 0 Å². The predicted octanol–water partition coefficient (Wildman–Crippen LogP) is 4.22. The standard InChI is InChI=1S/C16H16Cl3N3O3/c1-16(5-24-9-25-6-16)15(23)12(22-8-20-7-21-22)4-10-2-3-11(17)14(19)13(10)18/h2-3,7-8,23H,4-6,9H2,1H3/b15-12+. The molecule has 25 heavy (non-hydrogen) atoms. The molecule has 0 spiro atoms. The van der Waals surface area contributed by atoms with E-state index in [9.17, 15) is 5.11 Å². The molecule has 1 saturated heterocycles. The van der Waals surface area contributed by atoms with Gasteiger partial charge in [-0.05, 0) is 18.6 Å². The average Bonchev–Trinajstić information content (AvgIpc) is 3.14. The topological polar surface area (TPSA) is 69.4 Å². The molecule has 0 unspecified atom stereocenters. The first-order valence-electron chi connectivity index (χ1n) is 7.48. The summed E-state index contributed by atoms with van der Waals surface area (Å²) in [5, 5.41) is 16.1. The molecule has 2 heterocycles. The lowest BCUT2D eigenvalue weighted by Crippen LogP contribution is -2.37. The summed E-state index contributed by atoms with van der Waals surface area (Å²) in [5.74, 6) is 0.0971.